The Morgan fingerprint density at radius 2 is 1.90 bits per heavy atom. The van der Waals surface area contributed by atoms with Crippen molar-refractivity contribution in [2.45, 2.75) is 13.5 Å². The Bertz CT molecular complexity index is 809. The Morgan fingerprint density at radius 1 is 1.14 bits per heavy atom. The lowest BCUT2D eigenvalue weighted by molar-refractivity contribution is 0.581. The van der Waals surface area contributed by atoms with Gasteiger partial charge in [0, 0.05) is 7.05 Å². The van der Waals surface area contributed by atoms with Gasteiger partial charge in [0.2, 0.25) is 0 Å². The second-order valence-corrected chi connectivity index (χ2v) is 4.98. The number of hydrogen-bond acceptors (Lipinski definition) is 2. The number of hydrogen-bond donors (Lipinski definition) is 1. The van der Waals surface area contributed by atoms with Crippen LogP contribution in [0, 0.1) is 18.6 Å². The number of para-hydroxylation sites is 2. The van der Waals surface area contributed by atoms with Crippen LogP contribution in [0.15, 0.2) is 36.4 Å². The molecule has 0 spiro atoms. The Kier molecular flexibility index (Phi) is 3.33. The number of aromatic nitrogens is 2. The van der Waals surface area contributed by atoms with Crippen LogP contribution in [-0.2, 0) is 13.6 Å². The third-order valence-electron chi connectivity index (χ3n) is 3.59. The highest BCUT2D eigenvalue weighted by atomic mass is 19.1. The summed E-state index contributed by atoms with van der Waals surface area (Å²) in [7, 11) is 1.88. The second-order valence-electron chi connectivity index (χ2n) is 4.98. The molecule has 1 aromatic heterocycles. The van der Waals surface area contributed by atoms with Crippen molar-refractivity contribution >= 4 is 16.7 Å². The van der Waals surface area contributed by atoms with Gasteiger partial charge in [0.15, 0.2) is 5.82 Å². The maximum absolute atomic E-state index is 13.9. The van der Waals surface area contributed by atoms with Crippen molar-refractivity contribution in [1.29, 1.82) is 0 Å². The molecule has 3 aromatic rings. The van der Waals surface area contributed by atoms with Gasteiger partial charge in [-0.25, -0.2) is 13.8 Å². The van der Waals surface area contributed by atoms with E-state index in [0.29, 0.717) is 5.56 Å². The Hall–Kier alpha value is -2.43. The number of nitrogens with zero attached hydrogens (tertiary/aromatic N) is 2. The van der Waals surface area contributed by atoms with E-state index in [1.807, 2.05) is 35.9 Å². The zero-order valence-corrected chi connectivity index (χ0v) is 11.8. The van der Waals surface area contributed by atoms with Crippen LogP contribution in [0.4, 0.5) is 14.5 Å². The topological polar surface area (TPSA) is 29.9 Å². The number of halogens is 2. The predicted molar refractivity (Wildman–Crippen MR) is 79.1 cm³/mol. The van der Waals surface area contributed by atoms with E-state index in [2.05, 4.69) is 10.3 Å². The maximum atomic E-state index is 13.9. The highest BCUT2D eigenvalue weighted by Crippen LogP contribution is 2.23. The molecule has 0 atom stereocenters. The molecule has 0 saturated carbocycles. The van der Waals surface area contributed by atoms with Crippen LogP contribution in [0.2, 0.25) is 0 Å². The lowest BCUT2D eigenvalue weighted by atomic mass is 10.2. The molecule has 108 valence electrons. The van der Waals surface area contributed by atoms with Crippen LogP contribution >= 0.6 is 0 Å². The summed E-state index contributed by atoms with van der Waals surface area (Å²) in [5.41, 5.74) is 2.15. The van der Waals surface area contributed by atoms with Crippen molar-refractivity contribution < 1.29 is 8.78 Å². The minimum Gasteiger partial charge on any atom is -0.373 e. The largest absolute Gasteiger partial charge is 0.373 e. The highest BCUT2D eigenvalue weighted by molar-refractivity contribution is 5.75. The summed E-state index contributed by atoms with van der Waals surface area (Å²) in [6.07, 6.45) is 0. The van der Waals surface area contributed by atoms with Gasteiger partial charge < -0.3 is 9.88 Å². The molecule has 1 heterocycles. The quantitative estimate of drug-likeness (QED) is 0.794. The van der Waals surface area contributed by atoms with Gasteiger partial charge in [-0.3, -0.25) is 0 Å². The monoisotopic (exact) mass is 287 g/mol. The average molecular weight is 287 g/mol. The number of benzene rings is 2. The summed E-state index contributed by atoms with van der Waals surface area (Å²) in [4.78, 5) is 4.46. The molecule has 0 amide bonds. The fourth-order valence-corrected chi connectivity index (χ4v) is 2.34. The molecule has 3 nitrogen and oxygen atoms in total. The number of nitrogens with one attached hydrogen (secondary N) is 1. The van der Waals surface area contributed by atoms with E-state index in [0.717, 1.165) is 16.9 Å². The Balaban J connectivity index is 1.91. The molecule has 0 saturated heterocycles. The second kappa shape index (κ2) is 5.16. The van der Waals surface area contributed by atoms with Gasteiger partial charge in [-0.15, -0.1) is 0 Å². The van der Waals surface area contributed by atoms with Crippen molar-refractivity contribution in [1.82, 2.24) is 9.55 Å². The van der Waals surface area contributed by atoms with E-state index in [-0.39, 0.29) is 12.2 Å². The number of rotatable bonds is 3. The van der Waals surface area contributed by atoms with Crippen LogP contribution in [0.5, 0.6) is 0 Å². The minimum atomic E-state index is -0.600. The molecule has 0 radical (unpaired) electrons. The number of imidazole rings is 1. The molecule has 0 aliphatic rings. The molecule has 0 fully saturated rings. The SMILES string of the molecule is Cc1ccc(F)c(NCc2nc3ccccc3n2C)c1F. The van der Waals surface area contributed by atoms with E-state index in [4.69, 9.17) is 0 Å². The van der Waals surface area contributed by atoms with Gasteiger partial charge in [-0.05, 0) is 30.7 Å². The molecule has 2 aromatic carbocycles. The molecular weight excluding hydrogens is 272 g/mol. The lowest BCUT2D eigenvalue weighted by Gasteiger charge is -2.10. The van der Waals surface area contributed by atoms with Gasteiger partial charge in [0.1, 0.15) is 17.3 Å². The first kappa shape index (κ1) is 13.5. The number of fused-ring (bicyclic) bond motifs is 1. The normalized spacial score (nSPS) is 11.0. The summed E-state index contributed by atoms with van der Waals surface area (Å²) in [5.74, 6) is -0.442. The van der Waals surface area contributed by atoms with Crippen molar-refractivity contribution in [2.75, 3.05) is 5.32 Å². The summed E-state index contributed by atoms with van der Waals surface area (Å²) >= 11 is 0. The lowest BCUT2D eigenvalue weighted by Crippen LogP contribution is -2.09. The average Bonchev–Trinajstić information content (AvgIpc) is 2.80. The molecule has 3 rings (SSSR count). The van der Waals surface area contributed by atoms with Crippen LogP contribution in [0.1, 0.15) is 11.4 Å². The molecule has 5 heteroatoms. The molecule has 0 unspecified atom stereocenters. The molecule has 1 N–H and O–H groups in total. The smallest absolute Gasteiger partial charge is 0.152 e. The molecule has 0 bridgehead atoms. The summed E-state index contributed by atoms with van der Waals surface area (Å²) in [6.45, 7) is 1.86. The molecular formula is C16H15F2N3. The maximum Gasteiger partial charge on any atom is 0.152 e. The van der Waals surface area contributed by atoms with Gasteiger partial charge in [0.05, 0.1) is 17.6 Å². The number of aryl methyl sites for hydroxylation is 2. The van der Waals surface area contributed by atoms with Crippen molar-refractivity contribution in [3.63, 3.8) is 0 Å². The standard InChI is InChI=1S/C16H15F2N3/c1-10-7-8-11(17)16(15(10)18)19-9-14-20-12-5-3-4-6-13(12)21(14)2/h3-8,19H,9H2,1-2H3. The van der Waals surface area contributed by atoms with E-state index in [1.165, 1.54) is 12.1 Å². The zero-order valence-electron chi connectivity index (χ0n) is 11.8. The first-order valence-electron chi connectivity index (χ1n) is 6.66. The van der Waals surface area contributed by atoms with E-state index in [1.54, 1.807) is 6.92 Å². The van der Waals surface area contributed by atoms with Gasteiger partial charge in [-0.2, -0.15) is 0 Å². The molecule has 0 aliphatic carbocycles. The predicted octanol–water partition coefficient (Wildman–Crippen LogP) is 3.77. The summed E-state index contributed by atoms with van der Waals surface area (Å²) in [6, 6.07) is 10.4. The zero-order chi connectivity index (χ0) is 15.0. The third kappa shape index (κ3) is 2.35. The molecule has 21 heavy (non-hydrogen) atoms. The number of anilines is 1. The van der Waals surface area contributed by atoms with Crippen LogP contribution < -0.4 is 5.32 Å². The first-order chi connectivity index (χ1) is 10.1. The summed E-state index contributed by atoms with van der Waals surface area (Å²) in [5, 5.41) is 2.81. The Morgan fingerprint density at radius 3 is 2.67 bits per heavy atom. The van der Waals surface area contributed by atoms with Crippen molar-refractivity contribution in [3.05, 3.63) is 59.4 Å². The van der Waals surface area contributed by atoms with Crippen LogP contribution in [0.3, 0.4) is 0 Å². The Labute approximate surface area is 121 Å². The van der Waals surface area contributed by atoms with E-state index >= 15 is 0 Å². The van der Waals surface area contributed by atoms with Crippen LogP contribution in [0.25, 0.3) is 11.0 Å². The molecule has 0 aliphatic heterocycles. The van der Waals surface area contributed by atoms with E-state index in [9.17, 15) is 8.78 Å². The van der Waals surface area contributed by atoms with Crippen LogP contribution in [-0.4, -0.2) is 9.55 Å². The third-order valence-corrected chi connectivity index (χ3v) is 3.59. The summed E-state index contributed by atoms with van der Waals surface area (Å²) < 4.78 is 29.6. The fraction of sp³-hybridized carbons (Fsp3) is 0.188. The van der Waals surface area contributed by atoms with Gasteiger partial charge >= 0.3 is 0 Å². The highest BCUT2D eigenvalue weighted by Gasteiger charge is 2.13. The first-order valence-corrected chi connectivity index (χ1v) is 6.66. The van der Waals surface area contributed by atoms with Gasteiger partial charge in [0.25, 0.3) is 0 Å². The fourth-order valence-electron chi connectivity index (χ4n) is 2.34. The minimum absolute atomic E-state index is 0.109. The van der Waals surface area contributed by atoms with E-state index < -0.39 is 11.6 Å². The van der Waals surface area contributed by atoms with Crippen molar-refractivity contribution in [3.8, 4) is 0 Å². The van der Waals surface area contributed by atoms with Crippen molar-refractivity contribution in [2.24, 2.45) is 7.05 Å². The van der Waals surface area contributed by atoms with Gasteiger partial charge in [-0.1, -0.05) is 18.2 Å².